The maximum Gasteiger partial charge on any atom is 0.152 e. The molecule has 0 aliphatic heterocycles. The molecular weight excluding hydrogens is 258 g/mol. The van der Waals surface area contributed by atoms with Gasteiger partial charge in [0.2, 0.25) is 0 Å². The Kier molecular flexibility index (Phi) is 3.16. The first-order valence-corrected chi connectivity index (χ1v) is 7.06. The summed E-state index contributed by atoms with van der Waals surface area (Å²) < 4.78 is 1.85. The predicted octanol–water partition coefficient (Wildman–Crippen LogP) is 2.71. The maximum absolute atomic E-state index is 4.38. The normalized spacial score (nSPS) is 12.7. The Morgan fingerprint density at radius 3 is 3.05 bits per heavy atom. The average molecular weight is 273 g/mol. The summed E-state index contributed by atoms with van der Waals surface area (Å²) in [5.41, 5.74) is 2.00. The summed E-state index contributed by atoms with van der Waals surface area (Å²) in [7, 11) is 0. The molecule has 5 nitrogen and oxygen atoms in total. The SMILES string of the molecule is Cc1cc2c(NCC(C)c3nccs3)nccn2n1. The molecule has 3 aromatic heterocycles. The van der Waals surface area contributed by atoms with Gasteiger partial charge in [-0.15, -0.1) is 11.3 Å². The van der Waals surface area contributed by atoms with E-state index in [0.29, 0.717) is 5.92 Å². The lowest BCUT2D eigenvalue weighted by Crippen LogP contribution is -2.11. The van der Waals surface area contributed by atoms with Crippen LogP contribution >= 0.6 is 11.3 Å². The number of aromatic nitrogens is 4. The summed E-state index contributed by atoms with van der Waals surface area (Å²) in [6.45, 7) is 4.95. The highest BCUT2D eigenvalue weighted by Crippen LogP contribution is 2.20. The molecule has 98 valence electrons. The van der Waals surface area contributed by atoms with Crippen LogP contribution in [0.1, 0.15) is 23.5 Å². The Morgan fingerprint density at radius 2 is 2.26 bits per heavy atom. The summed E-state index contributed by atoms with van der Waals surface area (Å²) in [4.78, 5) is 8.72. The minimum atomic E-state index is 0.367. The van der Waals surface area contributed by atoms with Crippen molar-refractivity contribution >= 4 is 22.7 Å². The van der Waals surface area contributed by atoms with Crippen molar-refractivity contribution in [2.45, 2.75) is 19.8 Å². The Morgan fingerprint density at radius 1 is 1.37 bits per heavy atom. The molecule has 1 N–H and O–H groups in total. The number of anilines is 1. The zero-order chi connectivity index (χ0) is 13.2. The molecule has 3 heterocycles. The van der Waals surface area contributed by atoms with Crippen molar-refractivity contribution in [3.63, 3.8) is 0 Å². The lowest BCUT2D eigenvalue weighted by Gasteiger charge is -2.11. The quantitative estimate of drug-likeness (QED) is 0.794. The molecule has 19 heavy (non-hydrogen) atoms. The summed E-state index contributed by atoms with van der Waals surface area (Å²) >= 11 is 1.68. The van der Waals surface area contributed by atoms with Gasteiger partial charge in [0.15, 0.2) is 5.82 Å². The van der Waals surface area contributed by atoms with Crippen LogP contribution in [0.2, 0.25) is 0 Å². The van der Waals surface area contributed by atoms with E-state index in [-0.39, 0.29) is 0 Å². The Hall–Kier alpha value is -1.95. The second-order valence-electron chi connectivity index (χ2n) is 4.54. The molecule has 0 radical (unpaired) electrons. The summed E-state index contributed by atoms with van der Waals surface area (Å²) in [5, 5.41) is 10.9. The topological polar surface area (TPSA) is 55.1 Å². The molecule has 0 saturated heterocycles. The molecule has 0 amide bonds. The van der Waals surface area contributed by atoms with Gasteiger partial charge in [-0.2, -0.15) is 5.10 Å². The van der Waals surface area contributed by atoms with Crippen molar-refractivity contribution in [2.75, 3.05) is 11.9 Å². The second-order valence-corrected chi connectivity index (χ2v) is 5.47. The second kappa shape index (κ2) is 4.97. The number of rotatable bonds is 4. The molecule has 0 fully saturated rings. The molecule has 0 aliphatic carbocycles. The van der Waals surface area contributed by atoms with Crippen molar-refractivity contribution in [1.82, 2.24) is 19.6 Å². The van der Waals surface area contributed by atoms with E-state index >= 15 is 0 Å². The first-order valence-electron chi connectivity index (χ1n) is 6.18. The first kappa shape index (κ1) is 12.1. The summed E-state index contributed by atoms with van der Waals surface area (Å²) in [5.74, 6) is 1.23. The molecule has 0 spiro atoms. The van der Waals surface area contributed by atoms with Crippen molar-refractivity contribution in [1.29, 1.82) is 0 Å². The minimum Gasteiger partial charge on any atom is -0.368 e. The maximum atomic E-state index is 4.38. The number of thiazole rings is 1. The molecule has 0 bridgehead atoms. The third kappa shape index (κ3) is 2.44. The molecule has 3 rings (SSSR count). The van der Waals surface area contributed by atoms with Crippen LogP contribution in [0.25, 0.3) is 5.52 Å². The van der Waals surface area contributed by atoms with Crippen LogP contribution in [0.4, 0.5) is 5.82 Å². The number of aryl methyl sites for hydroxylation is 1. The molecule has 0 aliphatic rings. The zero-order valence-corrected chi connectivity index (χ0v) is 11.7. The van der Waals surface area contributed by atoms with Crippen LogP contribution in [-0.2, 0) is 0 Å². The van der Waals surface area contributed by atoms with Gasteiger partial charge in [-0.1, -0.05) is 6.92 Å². The van der Waals surface area contributed by atoms with Crippen LogP contribution < -0.4 is 5.32 Å². The highest BCUT2D eigenvalue weighted by atomic mass is 32.1. The van der Waals surface area contributed by atoms with Crippen LogP contribution in [0, 0.1) is 6.92 Å². The molecule has 1 atom stereocenters. The minimum absolute atomic E-state index is 0.367. The Balaban J connectivity index is 1.78. The standard InChI is InChI=1S/C13H15N5S/c1-9(13-15-4-6-19-13)8-16-12-11-7-10(2)17-18(11)5-3-14-12/h3-7,9H,8H2,1-2H3,(H,14,16). The third-order valence-corrected chi connectivity index (χ3v) is 3.97. The molecular formula is C13H15N5S. The fourth-order valence-corrected chi connectivity index (χ4v) is 2.69. The highest BCUT2D eigenvalue weighted by Gasteiger charge is 2.10. The Labute approximate surface area is 115 Å². The van der Waals surface area contributed by atoms with Crippen LogP contribution in [0.3, 0.4) is 0 Å². The monoisotopic (exact) mass is 273 g/mol. The van der Waals surface area contributed by atoms with Crippen molar-refractivity contribution in [3.8, 4) is 0 Å². The number of hydrogen-bond acceptors (Lipinski definition) is 5. The van der Waals surface area contributed by atoms with E-state index in [2.05, 4.69) is 27.3 Å². The molecule has 3 aromatic rings. The fraction of sp³-hybridized carbons (Fsp3) is 0.308. The third-order valence-electron chi connectivity index (χ3n) is 2.96. The molecule has 0 saturated carbocycles. The van der Waals surface area contributed by atoms with Gasteiger partial charge in [-0.05, 0) is 13.0 Å². The van der Waals surface area contributed by atoms with Gasteiger partial charge >= 0.3 is 0 Å². The number of nitrogens with zero attached hydrogens (tertiary/aromatic N) is 4. The lowest BCUT2D eigenvalue weighted by atomic mass is 10.2. The van der Waals surface area contributed by atoms with E-state index in [4.69, 9.17) is 0 Å². The molecule has 0 aromatic carbocycles. The smallest absolute Gasteiger partial charge is 0.152 e. The Bertz CT molecular complexity index is 673. The van der Waals surface area contributed by atoms with E-state index in [0.717, 1.165) is 28.6 Å². The van der Waals surface area contributed by atoms with Crippen molar-refractivity contribution in [2.24, 2.45) is 0 Å². The fourth-order valence-electron chi connectivity index (χ4n) is 2.00. The van der Waals surface area contributed by atoms with Gasteiger partial charge in [0.05, 0.1) is 10.7 Å². The van der Waals surface area contributed by atoms with Gasteiger partial charge in [0.1, 0.15) is 5.52 Å². The number of nitrogens with one attached hydrogen (secondary N) is 1. The summed E-state index contributed by atoms with van der Waals surface area (Å²) in [6, 6.07) is 2.03. The predicted molar refractivity (Wildman–Crippen MR) is 76.7 cm³/mol. The van der Waals surface area contributed by atoms with Crippen molar-refractivity contribution in [3.05, 3.63) is 40.7 Å². The van der Waals surface area contributed by atoms with Crippen LogP contribution in [0.5, 0.6) is 0 Å². The van der Waals surface area contributed by atoms with Crippen LogP contribution in [-0.4, -0.2) is 26.1 Å². The number of fused-ring (bicyclic) bond motifs is 1. The van der Waals surface area contributed by atoms with Gasteiger partial charge in [-0.3, -0.25) is 0 Å². The van der Waals surface area contributed by atoms with E-state index < -0.39 is 0 Å². The number of hydrogen-bond donors (Lipinski definition) is 1. The lowest BCUT2D eigenvalue weighted by molar-refractivity contribution is 0.791. The molecule has 6 heteroatoms. The first-order chi connectivity index (χ1) is 9.24. The van der Waals surface area contributed by atoms with E-state index in [1.165, 1.54) is 0 Å². The average Bonchev–Trinajstić information content (AvgIpc) is 3.03. The van der Waals surface area contributed by atoms with Gasteiger partial charge < -0.3 is 5.32 Å². The van der Waals surface area contributed by atoms with Gasteiger partial charge in [0.25, 0.3) is 0 Å². The van der Waals surface area contributed by atoms with Crippen LogP contribution in [0.15, 0.2) is 30.0 Å². The zero-order valence-electron chi connectivity index (χ0n) is 10.9. The van der Waals surface area contributed by atoms with Crippen molar-refractivity contribution < 1.29 is 0 Å². The molecule has 1 unspecified atom stereocenters. The van der Waals surface area contributed by atoms with E-state index in [1.807, 2.05) is 35.3 Å². The highest BCUT2D eigenvalue weighted by molar-refractivity contribution is 7.09. The summed E-state index contributed by atoms with van der Waals surface area (Å²) in [6.07, 6.45) is 5.46. The van der Waals surface area contributed by atoms with Gasteiger partial charge in [0, 0.05) is 36.4 Å². The van der Waals surface area contributed by atoms with E-state index in [1.54, 1.807) is 17.5 Å². The van der Waals surface area contributed by atoms with E-state index in [9.17, 15) is 0 Å². The van der Waals surface area contributed by atoms with Gasteiger partial charge in [-0.25, -0.2) is 14.5 Å². The largest absolute Gasteiger partial charge is 0.368 e.